The number of rotatable bonds is 9. The number of ether oxygens (including phenoxy) is 1. The molecular formula is C27H35N3O4. The lowest BCUT2D eigenvalue weighted by molar-refractivity contribution is -0.127. The first-order valence-corrected chi connectivity index (χ1v) is 12.2. The monoisotopic (exact) mass is 465 g/mol. The maximum atomic E-state index is 12.8. The van der Waals surface area contributed by atoms with Gasteiger partial charge in [-0.3, -0.25) is 25.2 Å². The molecule has 0 radical (unpaired) electrons. The molecular weight excluding hydrogens is 430 g/mol. The summed E-state index contributed by atoms with van der Waals surface area (Å²) in [6, 6.07) is 14.4. The van der Waals surface area contributed by atoms with Gasteiger partial charge in [0.05, 0.1) is 6.61 Å². The number of aryl methyl sites for hydroxylation is 1. The predicted octanol–water partition coefficient (Wildman–Crippen LogP) is 4.27. The van der Waals surface area contributed by atoms with Crippen molar-refractivity contribution in [1.82, 2.24) is 15.8 Å². The highest BCUT2D eigenvalue weighted by molar-refractivity contribution is 5.96. The Hall–Kier alpha value is -3.35. The Kier molecular flexibility index (Phi) is 9.50. The normalized spacial score (nSPS) is 13.9. The fourth-order valence-corrected chi connectivity index (χ4v) is 4.04. The third kappa shape index (κ3) is 7.07. The van der Waals surface area contributed by atoms with E-state index in [4.69, 9.17) is 4.74 Å². The average molecular weight is 466 g/mol. The molecule has 0 saturated carbocycles. The van der Waals surface area contributed by atoms with Crippen molar-refractivity contribution in [3.05, 3.63) is 65.2 Å². The molecule has 0 unspecified atom stereocenters. The van der Waals surface area contributed by atoms with Gasteiger partial charge in [-0.25, -0.2) is 0 Å². The van der Waals surface area contributed by atoms with Crippen LogP contribution in [-0.4, -0.2) is 42.3 Å². The number of likely N-dealkylation sites (tertiary alicyclic amines) is 1. The zero-order valence-electron chi connectivity index (χ0n) is 20.1. The van der Waals surface area contributed by atoms with E-state index in [0.717, 1.165) is 24.2 Å². The molecule has 0 spiro atoms. The molecule has 0 aromatic heterocycles. The van der Waals surface area contributed by atoms with Crippen molar-refractivity contribution in [2.45, 2.75) is 52.4 Å². The van der Waals surface area contributed by atoms with Gasteiger partial charge in [0.15, 0.2) is 0 Å². The molecule has 1 fully saturated rings. The van der Waals surface area contributed by atoms with Crippen LogP contribution in [0.4, 0.5) is 0 Å². The number of hydrogen-bond acceptors (Lipinski definition) is 4. The number of benzene rings is 2. The van der Waals surface area contributed by atoms with Gasteiger partial charge in [0, 0.05) is 30.1 Å². The lowest BCUT2D eigenvalue weighted by atomic mass is 9.95. The van der Waals surface area contributed by atoms with E-state index in [-0.39, 0.29) is 23.6 Å². The van der Waals surface area contributed by atoms with E-state index >= 15 is 0 Å². The third-order valence-electron chi connectivity index (χ3n) is 6.21. The number of nitrogens with zero attached hydrogens (tertiary/aromatic N) is 1. The van der Waals surface area contributed by atoms with Crippen molar-refractivity contribution >= 4 is 17.7 Å². The Morgan fingerprint density at radius 1 is 0.941 bits per heavy atom. The fourth-order valence-electron chi connectivity index (χ4n) is 4.04. The Balaban J connectivity index is 1.39. The molecule has 7 heteroatoms. The van der Waals surface area contributed by atoms with Crippen molar-refractivity contribution in [2.24, 2.45) is 5.92 Å². The number of unbranched alkanes of at least 4 members (excludes halogenated alkanes) is 3. The van der Waals surface area contributed by atoms with E-state index in [2.05, 4.69) is 17.8 Å². The lowest BCUT2D eigenvalue weighted by Gasteiger charge is -2.31. The standard InChI is InChI=1S/C27H35N3O4/c1-3-4-5-8-19-34-23-13-11-21(12-14-23)25(31)28-29-26(32)22-15-17-30(18-16-22)27(33)24-10-7-6-9-20(24)2/h6-7,9-14,22H,3-5,8,15-19H2,1-2H3,(H,28,31)(H,29,32). The molecule has 7 nitrogen and oxygen atoms in total. The third-order valence-corrected chi connectivity index (χ3v) is 6.21. The molecule has 2 aromatic rings. The lowest BCUT2D eigenvalue weighted by Crippen LogP contribution is -2.48. The molecule has 34 heavy (non-hydrogen) atoms. The van der Waals surface area contributed by atoms with Crippen LogP contribution in [0, 0.1) is 12.8 Å². The second kappa shape index (κ2) is 12.8. The topological polar surface area (TPSA) is 87.7 Å². The molecule has 1 saturated heterocycles. The Labute approximate surface area is 201 Å². The fraction of sp³-hybridized carbons (Fsp3) is 0.444. The van der Waals surface area contributed by atoms with Crippen LogP contribution in [-0.2, 0) is 4.79 Å². The van der Waals surface area contributed by atoms with Crippen LogP contribution in [0.1, 0.15) is 71.7 Å². The van der Waals surface area contributed by atoms with Crippen molar-refractivity contribution < 1.29 is 19.1 Å². The van der Waals surface area contributed by atoms with Crippen molar-refractivity contribution in [1.29, 1.82) is 0 Å². The molecule has 0 bridgehead atoms. The van der Waals surface area contributed by atoms with Crippen LogP contribution < -0.4 is 15.6 Å². The van der Waals surface area contributed by atoms with Gasteiger partial charge in [-0.1, -0.05) is 44.4 Å². The van der Waals surface area contributed by atoms with E-state index in [0.29, 0.717) is 43.7 Å². The SMILES string of the molecule is CCCCCCOc1ccc(C(=O)NNC(=O)C2CCN(C(=O)c3ccccc3C)CC2)cc1. The zero-order valence-corrected chi connectivity index (χ0v) is 20.1. The molecule has 1 aliphatic rings. The highest BCUT2D eigenvalue weighted by atomic mass is 16.5. The smallest absolute Gasteiger partial charge is 0.269 e. The summed E-state index contributed by atoms with van der Waals surface area (Å²) >= 11 is 0. The minimum Gasteiger partial charge on any atom is -0.494 e. The van der Waals surface area contributed by atoms with Gasteiger partial charge in [0.1, 0.15) is 5.75 Å². The van der Waals surface area contributed by atoms with E-state index in [9.17, 15) is 14.4 Å². The Bertz CT molecular complexity index is 966. The van der Waals surface area contributed by atoms with Crippen LogP contribution in [0.2, 0.25) is 0 Å². The molecule has 2 aromatic carbocycles. The number of carbonyl (C=O) groups excluding carboxylic acids is 3. The van der Waals surface area contributed by atoms with Gasteiger partial charge in [0.25, 0.3) is 11.8 Å². The minimum atomic E-state index is -0.380. The number of piperidine rings is 1. The van der Waals surface area contributed by atoms with Crippen LogP contribution in [0.15, 0.2) is 48.5 Å². The molecule has 3 rings (SSSR count). The maximum Gasteiger partial charge on any atom is 0.269 e. The summed E-state index contributed by atoms with van der Waals surface area (Å²) in [5.74, 6) is -0.133. The molecule has 1 heterocycles. The van der Waals surface area contributed by atoms with Crippen LogP contribution >= 0.6 is 0 Å². The van der Waals surface area contributed by atoms with Crippen molar-refractivity contribution in [3.63, 3.8) is 0 Å². The van der Waals surface area contributed by atoms with Gasteiger partial charge >= 0.3 is 0 Å². The minimum absolute atomic E-state index is 0.00125. The largest absolute Gasteiger partial charge is 0.494 e. The first kappa shape index (κ1) is 25.3. The number of nitrogens with one attached hydrogen (secondary N) is 2. The van der Waals surface area contributed by atoms with Crippen LogP contribution in [0.5, 0.6) is 5.75 Å². The summed E-state index contributed by atoms with van der Waals surface area (Å²) in [4.78, 5) is 39.5. The maximum absolute atomic E-state index is 12.8. The average Bonchev–Trinajstić information content (AvgIpc) is 2.87. The highest BCUT2D eigenvalue weighted by Crippen LogP contribution is 2.20. The summed E-state index contributed by atoms with van der Waals surface area (Å²) in [5, 5.41) is 0. The molecule has 0 aliphatic carbocycles. The summed E-state index contributed by atoms with van der Waals surface area (Å²) in [6.07, 6.45) is 5.68. The van der Waals surface area contributed by atoms with Crippen molar-refractivity contribution in [3.8, 4) is 5.75 Å². The first-order valence-electron chi connectivity index (χ1n) is 12.2. The molecule has 1 aliphatic heterocycles. The second-order valence-electron chi connectivity index (χ2n) is 8.76. The van der Waals surface area contributed by atoms with E-state index in [1.165, 1.54) is 12.8 Å². The zero-order chi connectivity index (χ0) is 24.3. The first-order chi connectivity index (χ1) is 16.5. The number of hydrazine groups is 1. The summed E-state index contributed by atoms with van der Waals surface area (Å²) in [5.41, 5.74) is 7.11. The number of carbonyl (C=O) groups is 3. The van der Waals surface area contributed by atoms with E-state index < -0.39 is 0 Å². The quantitative estimate of drug-likeness (QED) is 0.428. The number of hydrogen-bond donors (Lipinski definition) is 2. The Morgan fingerprint density at radius 2 is 1.65 bits per heavy atom. The van der Waals surface area contributed by atoms with Gasteiger partial charge in [-0.05, 0) is 62.1 Å². The van der Waals surface area contributed by atoms with Crippen LogP contribution in [0.3, 0.4) is 0 Å². The Morgan fingerprint density at radius 3 is 2.32 bits per heavy atom. The van der Waals surface area contributed by atoms with Gasteiger partial charge in [-0.2, -0.15) is 0 Å². The summed E-state index contributed by atoms with van der Waals surface area (Å²) in [7, 11) is 0. The van der Waals surface area contributed by atoms with Gasteiger partial charge in [-0.15, -0.1) is 0 Å². The summed E-state index contributed by atoms with van der Waals surface area (Å²) in [6.45, 7) is 5.78. The second-order valence-corrected chi connectivity index (χ2v) is 8.76. The summed E-state index contributed by atoms with van der Waals surface area (Å²) < 4.78 is 5.70. The molecule has 0 atom stereocenters. The molecule has 3 amide bonds. The van der Waals surface area contributed by atoms with Gasteiger partial charge in [0.2, 0.25) is 5.91 Å². The number of amides is 3. The molecule has 182 valence electrons. The van der Waals surface area contributed by atoms with Crippen LogP contribution in [0.25, 0.3) is 0 Å². The highest BCUT2D eigenvalue weighted by Gasteiger charge is 2.28. The van der Waals surface area contributed by atoms with Gasteiger partial charge < -0.3 is 9.64 Å². The molecule has 2 N–H and O–H groups in total. The van der Waals surface area contributed by atoms with Crippen molar-refractivity contribution in [2.75, 3.05) is 19.7 Å². The predicted molar refractivity (Wildman–Crippen MR) is 131 cm³/mol. The van der Waals surface area contributed by atoms with E-state index in [1.807, 2.05) is 31.2 Å². The van der Waals surface area contributed by atoms with E-state index in [1.54, 1.807) is 29.2 Å².